The molecule has 2 aliphatic heterocycles. The molecule has 10 atom stereocenters. The Labute approximate surface area is 360 Å². The summed E-state index contributed by atoms with van der Waals surface area (Å²) in [6, 6.07) is 9.61. The normalized spacial score (nSPS) is 29.6. The molecule has 0 amide bonds. The zero-order valence-electron chi connectivity index (χ0n) is 40.2. The van der Waals surface area contributed by atoms with Gasteiger partial charge in [0.25, 0.3) is 0 Å². The van der Waals surface area contributed by atoms with E-state index in [9.17, 15) is 9.90 Å². The molecule has 1 saturated heterocycles. The van der Waals surface area contributed by atoms with Gasteiger partial charge in [0.1, 0.15) is 12.2 Å². The first-order chi connectivity index (χ1) is 27.3. The minimum absolute atomic E-state index is 0.109. The van der Waals surface area contributed by atoms with Crippen LogP contribution in [0.1, 0.15) is 136 Å². The second-order valence-corrected chi connectivity index (χ2v) is 32.4. The van der Waals surface area contributed by atoms with Crippen LogP contribution in [-0.4, -0.2) is 91.0 Å². The Morgan fingerprint density at radius 2 is 1.48 bits per heavy atom. The first-order valence-corrected chi connectivity index (χ1v) is 31.1. The Morgan fingerprint density at radius 3 is 1.98 bits per heavy atom. The van der Waals surface area contributed by atoms with E-state index in [1.54, 1.807) is 7.11 Å². The predicted molar refractivity (Wildman–Crippen MR) is 250 cm³/mol. The number of methoxy groups -OCH3 is 1. The number of aliphatic hydroxyl groups excluding tert-OH is 1. The van der Waals surface area contributed by atoms with Gasteiger partial charge in [0, 0.05) is 31.5 Å². The van der Waals surface area contributed by atoms with Gasteiger partial charge in [-0.1, -0.05) is 113 Å². The molecule has 0 aromatic rings. The lowest BCUT2D eigenvalue weighted by molar-refractivity contribution is -0.151. The van der Waals surface area contributed by atoms with Crippen LogP contribution in [0.25, 0.3) is 0 Å². The number of epoxide rings is 1. The van der Waals surface area contributed by atoms with Crippen LogP contribution in [-0.2, 0) is 32.3 Å². The summed E-state index contributed by atoms with van der Waals surface area (Å²) in [5.41, 5.74) is -0.403. The van der Waals surface area contributed by atoms with E-state index in [0.717, 1.165) is 72.8 Å². The number of carbonyl (C=O) groups excluding carboxylic acids is 1. The standard InChI is InChI=1S/C47H90O8Si3/c1-17-40(54-57(21-5,22-6)23-7)38(13)45-41(51-45)35-46(14,55-58(24-8,25-9)26-10)32-27-28-36(11)44-37(12)29-30-42(48)47(15,50-16)33-31-39(34-43(49)52-44)53-56(18-2,19-3)20-4/h27-30,32,37-42,44-45,48H,17-26,31,33-35H2,1-16H3/b30-29+,32-27+,36-28+/t37-,38+,39+,40-,41-,42-,44+,45-,46?,47+/m0/s1. The molecular weight excluding hydrogens is 777 g/mol. The topological polar surface area (TPSA) is 96.0 Å². The van der Waals surface area contributed by atoms with Gasteiger partial charge in [-0.2, -0.15) is 0 Å². The van der Waals surface area contributed by atoms with Crippen LogP contribution in [0.2, 0.25) is 54.4 Å². The molecular formula is C47H90O8Si3. The Balaban J connectivity index is 2.47. The SMILES string of the molecule is CC[C@H](O[Si](CC)(CC)CC)[C@@H](C)[C@@H]1O[C@H]1CC(C)(/C=C/C=C(\C)[C@H]1OC(=O)C[C@H](O[Si](CC)(CC)CC)CC[C@@](C)(OC)[C@@H](O)/C=C/[C@@H]1C)O[Si](CC)(CC)CC. The Hall–Kier alpha value is -0.899. The number of esters is 1. The monoisotopic (exact) mass is 867 g/mol. The summed E-state index contributed by atoms with van der Waals surface area (Å²) in [5.74, 6) is -0.131. The molecule has 8 nitrogen and oxygen atoms in total. The summed E-state index contributed by atoms with van der Waals surface area (Å²) in [5, 5.41) is 11.4. The molecule has 0 aliphatic carbocycles. The molecule has 0 aromatic heterocycles. The quantitative estimate of drug-likeness (QED) is 0.0337. The molecule has 11 heteroatoms. The first-order valence-electron chi connectivity index (χ1n) is 23.5. The summed E-state index contributed by atoms with van der Waals surface area (Å²) in [7, 11) is -4.12. The van der Waals surface area contributed by atoms with Crippen molar-refractivity contribution in [2.24, 2.45) is 11.8 Å². The van der Waals surface area contributed by atoms with Crippen LogP contribution >= 0.6 is 0 Å². The fraction of sp³-hybridized carbons (Fsp3) is 0.851. The maximum Gasteiger partial charge on any atom is 0.308 e. The maximum atomic E-state index is 13.8. The molecule has 0 aromatic carbocycles. The van der Waals surface area contributed by atoms with E-state index in [0.29, 0.717) is 18.8 Å². The highest BCUT2D eigenvalue weighted by Gasteiger charge is 2.51. The molecule has 0 saturated carbocycles. The molecule has 2 heterocycles. The summed E-state index contributed by atoms with van der Waals surface area (Å²) >= 11 is 0. The van der Waals surface area contributed by atoms with Crippen LogP contribution in [0.5, 0.6) is 0 Å². The predicted octanol–water partition coefficient (Wildman–Crippen LogP) is 12.3. The van der Waals surface area contributed by atoms with Crippen molar-refractivity contribution >= 4 is 30.9 Å². The molecule has 0 bridgehead atoms. The highest BCUT2D eigenvalue weighted by Crippen LogP contribution is 2.42. The molecule has 58 heavy (non-hydrogen) atoms. The summed E-state index contributed by atoms with van der Waals surface area (Å²) in [6.07, 6.45) is 12.1. The maximum absolute atomic E-state index is 13.8. The molecule has 2 rings (SSSR count). The van der Waals surface area contributed by atoms with Crippen molar-refractivity contribution in [3.8, 4) is 0 Å². The van der Waals surface area contributed by atoms with Crippen LogP contribution in [0.4, 0.5) is 0 Å². The number of ether oxygens (including phenoxy) is 3. The van der Waals surface area contributed by atoms with Gasteiger partial charge >= 0.3 is 5.97 Å². The average Bonchev–Trinajstić information content (AvgIpc) is 4.00. The number of cyclic esters (lactones) is 1. The lowest BCUT2D eigenvalue weighted by atomic mass is 9.88. The second-order valence-electron chi connectivity index (χ2n) is 18.3. The fourth-order valence-electron chi connectivity index (χ4n) is 9.33. The van der Waals surface area contributed by atoms with Gasteiger partial charge in [0.2, 0.25) is 0 Å². The third kappa shape index (κ3) is 14.3. The summed E-state index contributed by atoms with van der Waals surface area (Å²) in [6.45, 7) is 33.2. The molecule has 1 N–H and O–H groups in total. The molecule has 0 radical (unpaired) electrons. The molecule has 338 valence electrons. The van der Waals surface area contributed by atoms with Gasteiger partial charge in [-0.05, 0) is 100 Å². The first kappa shape index (κ1) is 53.2. The highest BCUT2D eigenvalue weighted by molar-refractivity contribution is 6.74. The minimum atomic E-state index is -2.02. The van der Waals surface area contributed by atoms with E-state index in [-0.39, 0.29) is 42.7 Å². The Kier molecular flexibility index (Phi) is 22.1. The number of aliphatic hydroxyl groups is 1. The van der Waals surface area contributed by atoms with Crippen molar-refractivity contribution in [2.75, 3.05) is 7.11 Å². The van der Waals surface area contributed by atoms with E-state index in [4.69, 9.17) is 27.5 Å². The van der Waals surface area contributed by atoms with Crippen LogP contribution in [0.15, 0.2) is 36.0 Å². The van der Waals surface area contributed by atoms with E-state index >= 15 is 0 Å². The molecule has 2 aliphatic rings. The number of hydrogen-bond acceptors (Lipinski definition) is 8. The zero-order chi connectivity index (χ0) is 44.0. The second kappa shape index (κ2) is 24.1. The van der Waals surface area contributed by atoms with Crippen molar-refractivity contribution < 1.29 is 37.4 Å². The lowest BCUT2D eigenvalue weighted by Gasteiger charge is -2.39. The van der Waals surface area contributed by atoms with Gasteiger partial charge in [0.05, 0.1) is 35.9 Å². The van der Waals surface area contributed by atoms with E-state index < -0.39 is 48.4 Å². The Morgan fingerprint density at radius 1 is 0.931 bits per heavy atom. The van der Waals surface area contributed by atoms with Gasteiger partial charge in [0.15, 0.2) is 25.0 Å². The zero-order valence-corrected chi connectivity index (χ0v) is 43.2. The number of allylic oxidation sites excluding steroid dienone is 2. The van der Waals surface area contributed by atoms with Gasteiger partial charge < -0.3 is 32.6 Å². The van der Waals surface area contributed by atoms with Crippen LogP contribution < -0.4 is 0 Å². The number of carbonyl (C=O) groups is 1. The van der Waals surface area contributed by atoms with E-state index in [1.807, 2.05) is 32.9 Å². The summed E-state index contributed by atoms with van der Waals surface area (Å²) in [4.78, 5) is 13.8. The van der Waals surface area contributed by atoms with Crippen molar-refractivity contribution in [1.82, 2.24) is 0 Å². The molecule has 0 spiro atoms. The van der Waals surface area contributed by atoms with Crippen molar-refractivity contribution in [1.29, 1.82) is 0 Å². The Bertz CT molecular complexity index is 1290. The van der Waals surface area contributed by atoms with Gasteiger partial charge in [-0.3, -0.25) is 4.79 Å². The largest absolute Gasteiger partial charge is 0.457 e. The van der Waals surface area contributed by atoms with Gasteiger partial charge in [-0.25, -0.2) is 0 Å². The third-order valence-electron chi connectivity index (χ3n) is 14.8. The minimum Gasteiger partial charge on any atom is -0.457 e. The van der Waals surface area contributed by atoms with Gasteiger partial charge in [-0.15, -0.1) is 0 Å². The van der Waals surface area contributed by atoms with Crippen LogP contribution in [0.3, 0.4) is 0 Å². The molecule has 1 fully saturated rings. The number of rotatable bonds is 24. The highest BCUT2D eigenvalue weighted by atomic mass is 28.4. The fourth-order valence-corrected chi connectivity index (χ4v) is 18.3. The number of hydrogen-bond donors (Lipinski definition) is 1. The average molecular weight is 867 g/mol. The third-order valence-corrected chi connectivity index (χ3v) is 29.0. The van der Waals surface area contributed by atoms with Crippen molar-refractivity contribution in [3.05, 3.63) is 36.0 Å². The van der Waals surface area contributed by atoms with E-state index in [2.05, 4.69) is 101 Å². The van der Waals surface area contributed by atoms with Crippen LogP contribution in [0, 0.1) is 11.8 Å². The smallest absolute Gasteiger partial charge is 0.308 e. The molecule has 1 unspecified atom stereocenters. The lowest BCUT2D eigenvalue weighted by Crippen LogP contribution is -2.46. The summed E-state index contributed by atoms with van der Waals surface area (Å²) < 4.78 is 40.1. The van der Waals surface area contributed by atoms with Crippen molar-refractivity contribution in [3.63, 3.8) is 0 Å². The van der Waals surface area contributed by atoms with Crippen molar-refractivity contribution in [2.45, 2.75) is 238 Å². The van der Waals surface area contributed by atoms with E-state index in [1.165, 1.54) is 0 Å².